The molecule has 0 atom stereocenters. The van der Waals surface area contributed by atoms with Crippen molar-refractivity contribution < 1.29 is 26.3 Å². The van der Waals surface area contributed by atoms with E-state index in [0.717, 1.165) is 22.0 Å². The molecule has 3 rings (SSSR count). The van der Waals surface area contributed by atoms with Gasteiger partial charge in [0, 0.05) is 19.6 Å². The van der Waals surface area contributed by atoms with Crippen molar-refractivity contribution in [3.8, 4) is 5.75 Å². The van der Waals surface area contributed by atoms with Crippen molar-refractivity contribution in [3.63, 3.8) is 0 Å². The van der Waals surface area contributed by atoms with Gasteiger partial charge in [-0.3, -0.25) is 4.31 Å². The quantitative estimate of drug-likeness (QED) is 0.900. The Kier molecular flexibility index (Phi) is 4.61. The lowest BCUT2D eigenvalue weighted by atomic mass is 10.2. The summed E-state index contributed by atoms with van der Waals surface area (Å²) in [4.78, 5) is -0.524. The van der Waals surface area contributed by atoms with E-state index >= 15 is 0 Å². The van der Waals surface area contributed by atoms with Gasteiger partial charge in [-0.15, -0.1) is 13.2 Å². The lowest BCUT2D eigenvalue weighted by molar-refractivity contribution is -0.275. The fourth-order valence-electron chi connectivity index (χ4n) is 2.67. The minimum absolute atomic E-state index is 0.0969. The van der Waals surface area contributed by atoms with E-state index in [1.165, 1.54) is 12.1 Å². The Hall–Kier alpha value is -2.26. The van der Waals surface area contributed by atoms with Crippen LogP contribution in [0.25, 0.3) is 0 Å². The molecule has 0 unspecified atom stereocenters. The summed E-state index contributed by atoms with van der Waals surface area (Å²) in [6.45, 7) is 0.943. The second kappa shape index (κ2) is 6.57. The Bertz CT molecular complexity index is 869. The average molecular weight is 372 g/mol. The van der Waals surface area contributed by atoms with Gasteiger partial charge in [0.15, 0.2) is 0 Å². The van der Waals surface area contributed by atoms with E-state index in [4.69, 9.17) is 0 Å². The molecule has 0 amide bonds. The Balaban J connectivity index is 2.09. The highest BCUT2D eigenvalue weighted by molar-refractivity contribution is 7.93. The molecular formula is C16H15F3N2O3S. The third kappa shape index (κ3) is 3.72. The van der Waals surface area contributed by atoms with Gasteiger partial charge in [-0.05, 0) is 23.8 Å². The van der Waals surface area contributed by atoms with Gasteiger partial charge >= 0.3 is 6.36 Å². The Morgan fingerprint density at radius 2 is 1.72 bits per heavy atom. The Morgan fingerprint density at radius 1 is 1.04 bits per heavy atom. The van der Waals surface area contributed by atoms with Crippen LogP contribution in [0.15, 0.2) is 53.4 Å². The summed E-state index contributed by atoms with van der Waals surface area (Å²) < 4.78 is 69.0. The van der Waals surface area contributed by atoms with E-state index in [9.17, 15) is 21.6 Å². The number of sulfonamides is 1. The van der Waals surface area contributed by atoms with Crippen molar-refractivity contribution in [1.29, 1.82) is 0 Å². The van der Waals surface area contributed by atoms with Gasteiger partial charge in [-0.25, -0.2) is 8.42 Å². The monoisotopic (exact) mass is 372 g/mol. The highest BCUT2D eigenvalue weighted by atomic mass is 32.2. The molecule has 2 aromatic carbocycles. The fraction of sp³-hybridized carbons (Fsp3) is 0.250. The predicted molar refractivity (Wildman–Crippen MR) is 85.8 cm³/mol. The summed E-state index contributed by atoms with van der Waals surface area (Å²) in [5, 5.41) is 3.09. The maximum atomic E-state index is 13.1. The van der Waals surface area contributed by atoms with Crippen LogP contribution in [0.5, 0.6) is 5.75 Å². The van der Waals surface area contributed by atoms with E-state index in [-0.39, 0.29) is 6.54 Å². The summed E-state index contributed by atoms with van der Waals surface area (Å²) >= 11 is 0. The predicted octanol–water partition coefficient (Wildman–Crippen LogP) is 2.88. The number of hydrogen-bond donors (Lipinski definition) is 1. The third-order valence-electron chi connectivity index (χ3n) is 3.71. The number of nitrogens with zero attached hydrogens (tertiary/aromatic N) is 1. The SMILES string of the molecule is O=S(=O)(c1ccccc1OC(F)(F)F)N1CCNCc2ccccc21. The number of benzene rings is 2. The first kappa shape index (κ1) is 17.6. The zero-order chi connectivity index (χ0) is 18.1. The molecule has 1 heterocycles. The molecular weight excluding hydrogens is 357 g/mol. The zero-order valence-corrected chi connectivity index (χ0v) is 13.8. The van der Waals surface area contributed by atoms with E-state index < -0.39 is 27.0 Å². The second-order valence-electron chi connectivity index (χ2n) is 5.38. The van der Waals surface area contributed by atoms with E-state index in [2.05, 4.69) is 10.1 Å². The molecule has 1 aliphatic heterocycles. The van der Waals surface area contributed by atoms with Gasteiger partial charge in [0.25, 0.3) is 10.0 Å². The van der Waals surface area contributed by atoms with Crippen LogP contribution in [0.4, 0.5) is 18.9 Å². The number of para-hydroxylation sites is 2. The van der Waals surface area contributed by atoms with Crippen LogP contribution in [0, 0.1) is 0 Å². The normalized spacial score (nSPS) is 15.4. The largest absolute Gasteiger partial charge is 0.573 e. The van der Waals surface area contributed by atoms with Crippen molar-refractivity contribution in [2.75, 3.05) is 17.4 Å². The molecule has 0 radical (unpaired) electrons. The fourth-order valence-corrected chi connectivity index (χ4v) is 4.29. The van der Waals surface area contributed by atoms with E-state index in [1.54, 1.807) is 24.3 Å². The second-order valence-corrected chi connectivity index (χ2v) is 7.21. The van der Waals surface area contributed by atoms with Gasteiger partial charge in [0.1, 0.15) is 10.6 Å². The number of hydrogen-bond acceptors (Lipinski definition) is 4. The number of anilines is 1. The molecule has 0 aromatic heterocycles. The number of fused-ring (bicyclic) bond motifs is 1. The van der Waals surface area contributed by atoms with Gasteiger partial charge in [0.05, 0.1) is 5.69 Å². The molecule has 9 heteroatoms. The minimum atomic E-state index is -4.98. The van der Waals surface area contributed by atoms with Crippen LogP contribution in [-0.4, -0.2) is 27.9 Å². The lowest BCUT2D eigenvalue weighted by Gasteiger charge is -2.25. The molecule has 0 aliphatic carbocycles. The van der Waals surface area contributed by atoms with E-state index in [1.807, 2.05) is 0 Å². The lowest BCUT2D eigenvalue weighted by Crippen LogP contribution is -2.35. The summed E-state index contributed by atoms with van der Waals surface area (Å²) in [7, 11) is -4.23. The summed E-state index contributed by atoms with van der Waals surface area (Å²) in [5.74, 6) is -0.746. The van der Waals surface area contributed by atoms with Crippen LogP contribution in [0.2, 0.25) is 0 Å². The number of nitrogens with one attached hydrogen (secondary N) is 1. The molecule has 1 N–H and O–H groups in total. The number of halogens is 3. The Labute approximate surface area is 143 Å². The first-order valence-corrected chi connectivity index (χ1v) is 8.89. The highest BCUT2D eigenvalue weighted by Gasteiger charge is 2.36. The molecule has 5 nitrogen and oxygen atoms in total. The summed E-state index contributed by atoms with van der Waals surface area (Å²) in [6, 6.07) is 11.6. The van der Waals surface area contributed by atoms with Crippen molar-refractivity contribution in [2.24, 2.45) is 0 Å². The topological polar surface area (TPSA) is 58.6 Å². The smallest absolute Gasteiger partial charge is 0.404 e. The molecule has 134 valence electrons. The zero-order valence-electron chi connectivity index (χ0n) is 13.0. The van der Waals surface area contributed by atoms with Crippen LogP contribution in [0.3, 0.4) is 0 Å². The maximum absolute atomic E-state index is 13.1. The summed E-state index contributed by atoms with van der Waals surface area (Å²) in [5.41, 5.74) is 1.19. The van der Waals surface area contributed by atoms with Crippen LogP contribution < -0.4 is 14.4 Å². The molecule has 0 saturated carbocycles. The average Bonchev–Trinajstić information content (AvgIpc) is 2.76. The van der Waals surface area contributed by atoms with Gasteiger partial charge < -0.3 is 10.1 Å². The van der Waals surface area contributed by atoms with Crippen LogP contribution >= 0.6 is 0 Å². The van der Waals surface area contributed by atoms with Crippen molar-refractivity contribution in [2.45, 2.75) is 17.8 Å². The van der Waals surface area contributed by atoms with E-state index in [0.29, 0.717) is 18.8 Å². The number of rotatable bonds is 3. The van der Waals surface area contributed by atoms with Gasteiger partial charge in [-0.1, -0.05) is 30.3 Å². The highest BCUT2D eigenvalue weighted by Crippen LogP contribution is 2.34. The maximum Gasteiger partial charge on any atom is 0.573 e. The molecule has 0 fully saturated rings. The van der Waals surface area contributed by atoms with Gasteiger partial charge in [-0.2, -0.15) is 0 Å². The standard InChI is InChI=1S/C16H15F3N2O3S/c17-16(18,19)24-14-7-3-4-8-15(14)25(22,23)21-10-9-20-11-12-5-1-2-6-13(12)21/h1-8,20H,9-11H2. The molecule has 0 saturated heterocycles. The minimum Gasteiger partial charge on any atom is -0.404 e. The van der Waals surface area contributed by atoms with Crippen LogP contribution in [0.1, 0.15) is 5.56 Å². The Morgan fingerprint density at radius 3 is 2.48 bits per heavy atom. The molecule has 0 spiro atoms. The number of alkyl halides is 3. The van der Waals surface area contributed by atoms with Crippen molar-refractivity contribution in [3.05, 3.63) is 54.1 Å². The molecule has 2 aromatic rings. The molecule has 0 bridgehead atoms. The third-order valence-corrected chi connectivity index (χ3v) is 5.56. The van der Waals surface area contributed by atoms with Crippen molar-refractivity contribution in [1.82, 2.24) is 5.32 Å². The molecule has 1 aliphatic rings. The summed E-state index contributed by atoms with van der Waals surface area (Å²) in [6.07, 6.45) is -4.98. The first-order chi connectivity index (χ1) is 11.8. The van der Waals surface area contributed by atoms with Crippen molar-refractivity contribution >= 4 is 15.7 Å². The molecule has 25 heavy (non-hydrogen) atoms. The number of ether oxygens (including phenoxy) is 1. The van der Waals surface area contributed by atoms with Gasteiger partial charge in [0.2, 0.25) is 0 Å². The first-order valence-electron chi connectivity index (χ1n) is 7.45. The van der Waals surface area contributed by atoms with Crippen LogP contribution in [-0.2, 0) is 16.6 Å².